The maximum Gasteiger partial charge on any atom is 0.0907 e. The Bertz CT molecular complexity index is 696. The van der Waals surface area contributed by atoms with E-state index in [2.05, 4.69) is 54.1 Å². The highest BCUT2D eigenvalue weighted by Gasteiger charge is 2.25. The summed E-state index contributed by atoms with van der Waals surface area (Å²) in [6.45, 7) is 2.37. The number of fused-ring (bicyclic) bond motifs is 1. The molecular weight excluding hydrogens is 260 g/mol. The first-order chi connectivity index (χ1) is 10.2. The van der Waals surface area contributed by atoms with E-state index in [9.17, 15) is 5.11 Å². The number of allylic oxidation sites excluding steroid dienone is 3. The largest absolute Gasteiger partial charge is 0.389 e. The molecule has 1 aromatic carbocycles. The molecule has 0 amide bonds. The quantitative estimate of drug-likeness (QED) is 0.905. The van der Waals surface area contributed by atoms with E-state index in [1.165, 1.54) is 16.5 Å². The van der Waals surface area contributed by atoms with Gasteiger partial charge in [0.25, 0.3) is 0 Å². The fraction of sp³-hybridized carbons (Fsp3) is 0.333. The van der Waals surface area contributed by atoms with Gasteiger partial charge in [0.1, 0.15) is 0 Å². The first kappa shape index (κ1) is 14.1. The third-order valence-electron chi connectivity index (χ3n) is 4.27. The summed E-state index contributed by atoms with van der Waals surface area (Å²) in [5.41, 5.74) is 9.39. The van der Waals surface area contributed by atoms with E-state index >= 15 is 0 Å². The van der Waals surface area contributed by atoms with E-state index in [0.717, 1.165) is 18.4 Å². The topological polar surface area (TPSA) is 51.2 Å². The first-order valence-corrected chi connectivity index (χ1v) is 7.52. The Morgan fingerprint density at radius 2 is 2.14 bits per heavy atom. The van der Waals surface area contributed by atoms with Crippen molar-refractivity contribution in [1.29, 1.82) is 0 Å². The van der Waals surface area contributed by atoms with Gasteiger partial charge in [-0.15, -0.1) is 0 Å². The number of aromatic nitrogens is 1. The maximum absolute atomic E-state index is 10.5. The third-order valence-corrected chi connectivity index (χ3v) is 4.27. The number of aliphatic hydroxyl groups excluding tert-OH is 1. The van der Waals surface area contributed by atoms with Crippen molar-refractivity contribution < 1.29 is 5.11 Å². The average Bonchev–Trinajstić information content (AvgIpc) is 2.86. The lowest BCUT2D eigenvalue weighted by Gasteiger charge is -2.28. The molecule has 3 nitrogen and oxygen atoms in total. The number of hydrogen-bond donors (Lipinski definition) is 2. The lowest BCUT2D eigenvalue weighted by molar-refractivity contribution is 0.136. The fourth-order valence-electron chi connectivity index (χ4n) is 3.22. The van der Waals surface area contributed by atoms with Crippen molar-refractivity contribution in [2.75, 3.05) is 6.54 Å². The number of nitrogens with two attached hydrogens (primary N) is 1. The molecule has 3 N–H and O–H groups in total. The number of rotatable bonds is 4. The zero-order valence-corrected chi connectivity index (χ0v) is 12.4. The van der Waals surface area contributed by atoms with E-state index in [0.29, 0.717) is 0 Å². The van der Waals surface area contributed by atoms with Crippen LogP contribution in [0.4, 0.5) is 0 Å². The minimum absolute atomic E-state index is 0.0847. The van der Waals surface area contributed by atoms with Gasteiger partial charge in [-0.1, -0.05) is 36.4 Å². The third kappa shape index (κ3) is 2.55. The minimum Gasteiger partial charge on any atom is -0.389 e. The van der Waals surface area contributed by atoms with Gasteiger partial charge in [0.2, 0.25) is 0 Å². The van der Waals surface area contributed by atoms with Crippen molar-refractivity contribution in [3.05, 3.63) is 59.8 Å². The van der Waals surface area contributed by atoms with Crippen molar-refractivity contribution in [1.82, 2.24) is 4.57 Å². The molecule has 3 rings (SSSR count). The smallest absolute Gasteiger partial charge is 0.0907 e. The number of aryl methyl sites for hydroxylation is 1. The second kappa shape index (κ2) is 5.88. The van der Waals surface area contributed by atoms with Crippen LogP contribution in [-0.4, -0.2) is 22.3 Å². The molecule has 0 aliphatic heterocycles. The molecule has 1 unspecified atom stereocenters. The second-order valence-corrected chi connectivity index (χ2v) is 5.69. The van der Waals surface area contributed by atoms with Gasteiger partial charge in [-0.2, -0.15) is 0 Å². The maximum atomic E-state index is 10.5. The summed E-state index contributed by atoms with van der Waals surface area (Å²) in [4.78, 5) is 0. The highest BCUT2D eigenvalue weighted by Crippen LogP contribution is 2.33. The summed E-state index contributed by atoms with van der Waals surface area (Å²) in [7, 11) is 0. The zero-order valence-electron chi connectivity index (χ0n) is 12.4. The Labute approximate surface area is 125 Å². The standard InChI is InChI=1S/C18H22N2O/c1-13-12-20(16-10-6-5-9-15(13)16)18(17(21)11-19)14-7-3-2-4-8-14/h2-3,5-7,9-10,12,17-18,21H,4,8,11,19H2,1H3/t17?,18-/m0/s1. The molecule has 1 aromatic heterocycles. The van der Waals surface area contributed by atoms with E-state index in [-0.39, 0.29) is 12.6 Å². The number of para-hydroxylation sites is 1. The van der Waals surface area contributed by atoms with E-state index in [1.807, 2.05) is 6.07 Å². The van der Waals surface area contributed by atoms with Gasteiger partial charge < -0.3 is 15.4 Å². The summed E-state index contributed by atoms with van der Waals surface area (Å²) in [6.07, 6.45) is 9.92. The van der Waals surface area contributed by atoms with Crippen LogP contribution in [0.5, 0.6) is 0 Å². The zero-order chi connectivity index (χ0) is 14.8. The molecule has 2 aromatic rings. The molecule has 0 saturated heterocycles. The van der Waals surface area contributed by atoms with E-state index in [1.54, 1.807) is 0 Å². The summed E-state index contributed by atoms with van der Waals surface area (Å²) in [5.74, 6) is 0. The lowest BCUT2D eigenvalue weighted by atomic mass is 9.93. The molecule has 1 aliphatic rings. The predicted octanol–water partition coefficient (Wildman–Crippen LogP) is 3.09. The predicted molar refractivity (Wildman–Crippen MR) is 87.2 cm³/mol. The van der Waals surface area contributed by atoms with Crippen LogP contribution < -0.4 is 5.73 Å². The van der Waals surface area contributed by atoms with Crippen LogP contribution in [0.15, 0.2) is 54.3 Å². The van der Waals surface area contributed by atoms with Crippen LogP contribution in [0.2, 0.25) is 0 Å². The second-order valence-electron chi connectivity index (χ2n) is 5.69. The molecular formula is C18H22N2O. The summed E-state index contributed by atoms with van der Waals surface area (Å²) in [6, 6.07) is 8.24. The Morgan fingerprint density at radius 3 is 2.86 bits per heavy atom. The molecule has 21 heavy (non-hydrogen) atoms. The molecule has 0 saturated carbocycles. The van der Waals surface area contributed by atoms with Gasteiger partial charge in [-0.3, -0.25) is 0 Å². The first-order valence-electron chi connectivity index (χ1n) is 7.52. The van der Waals surface area contributed by atoms with Crippen molar-refractivity contribution >= 4 is 10.9 Å². The average molecular weight is 282 g/mol. The Morgan fingerprint density at radius 1 is 1.33 bits per heavy atom. The van der Waals surface area contributed by atoms with Gasteiger partial charge >= 0.3 is 0 Å². The van der Waals surface area contributed by atoms with Crippen molar-refractivity contribution in [3.8, 4) is 0 Å². The van der Waals surface area contributed by atoms with Crippen molar-refractivity contribution in [2.24, 2.45) is 5.73 Å². The molecule has 3 heteroatoms. The van der Waals surface area contributed by atoms with Crippen LogP contribution in [0.3, 0.4) is 0 Å². The summed E-state index contributed by atoms with van der Waals surface area (Å²) in [5, 5.41) is 11.7. The number of benzene rings is 1. The van der Waals surface area contributed by atoms with Gasteiger partial charge in [0.15, 0.2) is 0 Å². The van der Waals surface area contributed by atoms with Crippen LogP contribution in [0.25, 0.3) is 10.9 Å². The normalized spacial score (nSPS) is 17.8. The summed E-state index contributed by atoms with van der Waals surface area (Å²) >= 11 is 0. The number of hydrogen-bond acceptors (Lipinski definition) is 2. The highest BCUT2D eigenvalue weighted by molar-refractivity contribution is 5.84. The minimum atomic E-state index is -0.571. The van der Waals surface area contributed by atoms with Crippen LogP contribution >= 0.6 is 0 Å². The van der Waals surface area contributed by atoms with Gasteiger partial charge in [0.05, 0.1) is 12.1 Å². The van der Waals surface area contributed by atoms with Gasteiger partial charge in [0, 0.05) is 23.6 Å². The van der Waals surface area contributed by atoms with E-state index in [4.69, 9.17) is 5.73 Å². The molecule has 110 valence electrons. The Kier molecular flexibility index (Phi) is 3.95. The molecule has 0 fully saturated rings. The van der Waals surface area contributed by atoms with Gasteiger partial charge in [-0.05, 0) is 37.0 Å². The van der Waals surface area contributed by atoms with Crippen LogP contribution in [0, 0.1) is 6.92 Å². The molecule has 0 spiro atoms. The molecule has 1 heterocycles. The number of nitrogens with zero attached hydrogens (tertiary/aromatic N) is 1. The SMILES string of the molecule is Cc1cn([C@@H](C2=CC=CCC2)C(O)CN)c2ccccc12. The monoisotopic (exact) mass is 282 g/mol. The van der Waals surface area contributed by atoms with Crippen molar-refractivity contribution in [3.63, 3.8) is 0 Å². The van der Waals surface area contributed by atoms with Crippen LogP contribution in [0.1, 0.15) is 24.4 Å². The van der Waals surface area contributed by atoms with Crippen molar-refractivity contribution in [2.45, 2.75) is 31.9 Å². The molecule has 0 bridgehead atoms. The molecule has 2 atom stereocenters. The molecule has 1 aliphatic carbocycles. The number of aliphatic hydroxyl groups is 1. The van der Waals surface area contributed by atoms with Gasteiger partial charge in [-0.25, -0.2) is 0 Å². The molecule has 0 radical (unpaired) electrons. The lowest BCUT2D eigenvalue weighted by Crippen LogP contribution is -2.32. The van der Waals surface area contributed by atoms with E-state index < -0.39 is 6.10 Å². The summed E-state index contributed by atoms with van der Waals surface area (Å²) < 4.78 is 2.19. The Hall–Kier alpha value is -1.84. The fourth-order valence-corrected chi connectivity index (χ4v) is 3.22. The Balaban J connectivity index is 2.14. The van der Waals surface area contributed by atoms with Crippen LogP contribution in [-0.2, 0) is 0 Å². The highest BCUT2D eigenvalue weighted by atomic mass is 16.3.